The summed E-state index contributed by atoms with van der Waals surface area (Å²) in [5.41, 5.74) is 0.149. The third-order valence-electron chi connectivity index (χ3n) is 4.39. The van der Waals surface area contributed by atoms with Gasteiger partial charge in [0.25, 0.3) is 5.91 Å². The molecule has 1 N–H and O–H groups in total. The van der Waals surface area contributed by atoms with Gasteiger partial charge in [-0.1, -0.05) is 36.7 Å². The average molecular weight is 409 g/mol. The van der Waals surface area contributed by atoms with Crippen molar-refractivity contribution in [2.45, 2.75) is 49.6 Å². The van der Waals surface area contributed by atoms with E-state index in [1.807, 2.05) is 6.92 Å². The number of hydrogen-bond donors (Lipinski definition) is 1. The minimum atomic E-state index is -0.449. The van der Waals surface area contributed by atoms with Crippen LogP contribution in [0.5, 0.6) is 0 Å². The highest BCUT2D eigenvalue weighted by molar-refractivity contribution is 8.00. The average Bonchev–Trinajstić information content (AvgIpc) is 2.89. The Balaban J connectivity index is 1.81. The number of nitrogens with one attached hydrogen (secondary N) is 1. The highest BCUT2D eigenvalue weighted by Crippen LogP contribution is 2.29. The Kier molecular flexibility index (Phi) is 6.38. The molecule has 9 heteroatoms. The van der Waals surface area contributed by atoms with Crippen molar-refractivity contribution < 1.29 is 9.59 Å². The van der Waals surface area contributed by atoms with Gasteiger partial charge in [0.2, 0.25) is 5.91 Å². The molecule has 1 aliphatic heterocycles. The summed E-state index contributed by atoms with van der Waals surface area (Å²) in [4.78, 5) is 39.0. The van der Waals surface area contributed by atoms with Crippen molar-refractivity contribution in [2.24, 2.45) is 0 Å². The molecular weight excluding hydrogens is 388 g/mol. The zero-order valence-electron chi connectivity index (χ0n) is 15.0. The number of imide groups is 1. The molecule has 2 heterocycles. The number of hydrogen-bond acceptors (Lipinski definition) is 5. The summed E-state index contributed by atoms with van der Waals surface area (Å²) in [6, 6.07) is 6.52. The summed E-state index contributed by atoms with van der Waals surface area (Å²) in [6.07, 6.45) is 3.01. The quantitative estimate of drug-likeness (QED) is 0.768. The highest BCUT2D eigenvalue weighted by Gasteiger charge is 2.33. The number of nitrogens with zero attached hydrogens (tertiary/aromatic N) is 3. The molecule has 3 rings (SSSR count). The number of amides is 2. The molecular formula is C18H21ClN4O3S. The number of carbonyl (C=O) groups excluding carboxylic acids is 2. The lowest BCUT2D eigenvalue weighted by molar-refractivity contribution is -0.127. The molecule has 1 aromatic carbocycles. The van der Waals surface area contributed by atoms with E-state index in [4.69, 9.17) is 11.6 Å². The normalized spacial score (nSPS) is 17.8. The molecule has 27 heavy (non-hydrogen) atoms. The second-order valence-electron chi connectivity index (χ2n) is 6.37. The molecule has 1 aromatic heterocycles. The molecule has 0 bridgehead atoms. The highest BCUT2D eigenvalue weighted by atomic mass is 35.5. The summed E-state index contributed by atoms with van der Waals surface area (Å²) in [5.74, 6) is -0.562. The van der Waals surface area contributed by atoms with Gasteiger partial charge in [0, 0.05) is 23.7 Å². The predicted octanol–water partition coefficient (Wildman–Crippen LogP) is 2.95. The van der Waals surface area contributed by atoms with Gasteiger partial charge in [0.15, 0.2) is 5.16 Å². The summed E-state index contributed by atoms with van der Waals surface area (Å²) >= 11 is 7.13. The molecule has 0 saturated carbocycles. The Morgan fingerprint density at radius 3 is 2.74 bits per heavy atom. The van der Waals surface area contributed by atoms with Gasteiger partial charge < -0.3 is 0 Å². The van der Waals surface area contributed by atoms with Crippen LogP contribution in [0.15, 0.2) is 34.2 Å². The molecule has 0 aliphatic carbocycles. The third kappa shape index (κ3) is 4.44. The van der Waals surface area contributed by atoms with Crippen molar-refractivity contribution in [1.29, 1.82) is 0 Å². The minimum absolute atomic E-state index is 0.240. The molecule has 0 unspecified atom stereocenters. The maximum Gasteiger partial charge on any atom is 0.343 e. The number of carbonyl (C=O) groups is 2. The van der Waals surface area contributed by atoms with Gasteiger partial charge >= 0.3 is 5.69 Å². The summed E-state index contributed by atoms with van der Waals surface area (Å²) < 4.78 is 1.54. The maximum absolute atomic E-state index is 13.0. The van der Waals surface area contributed by atoms with Crippen LogP contribution in [0.2, 0.25) is 5.02 Å². The van der Waals surface area contributed by atoms with Crippen LogP contribution in [0.25, 0.3) is 0 Å². The van der Waals surface area contributed by atoms with E-state index in [9.17, 15) is 14.4 Å². The van der Waals surface area contributed by atoms with Crippen molar-refractivity contribution in [3.8, 4) is 0 Å². The van der Waals surface area contributed by atoms with Crippen LogP contribution in [-0.4, -0.2) is 43.3 Å². The standard InChI is InChI=1S/C18H21ClN4O3S/c1-2-10-23-17(26)20-21-18(23)27-14-5-3-4-11-22(16(14)25)15(24)12-6-8-13(19)9-7-12/h6-9,14H,2-5,10-11H2,1H3,(H,20,26)/t14-/m0/s1. The summed E-state index contributed by atoms with van der Waals surface area (Å²) in [6.45, 7) is 2.89. The topological polar surface area (TPSA) is 88.1 Å². The molecule has 1 aliphatic rings. The van der Waals surface area contributed by atoms with Crippen LogP contribution in [0.1, 0.15) is 43.0 Å². The van der Waals surface area contributed by atoms with Crippen LogP contribution >= 0.6 is 23.4 Å². The Labute approximate surface area is 166 Å². The molecule has 2 amide bonds. The van der Waals surface area contributed by atoms with E-state index < -0.39 is 5.25 Å². The Hall–Kier alpha value is -2.06. The monoisotopic (exact) mass is 408 g/mol. The number of H-pyrrole nitrogens is 1. The molecule has 1 saturated heterocycles. The lowest BCUT2D eigenvalue weighted by Gasteiger charge is -2.22. The Morgan fingerprint density at radius 2 is 2.04 bits per heavy atom. The van der Waals surface area contributed by atoms with Crippen LogP contribution < -0.4 is 5.69 Å². The maximum atomic E-state index is 13.0. The zero-order chi connectivity index (χ0) is 19.4. The second kappa shape index (κ2) is 8.75. The fraction of sp³-hybridized carbons (Fsp3) is 0.444. The predicted molar refractivity (Wildman–Crippen MR) is 104 cm³/mol. The fourth-order valence-electron chi connectivity index (χ4n) is 3.01. The SMILES string of the molecule is CCCn1c(S[C@H]2CCCCN(C(=O)c3ccc(Cl)cc3)C2=O)n[nH]c1=O. The molecule has 144 valence electrons. The molecule has 0 spiro atoms. The van der Waals surface area contributed by atoms with Crippen molar-refractivity contribution >= 4 is 35.2 Å². The van der Waals surface area contributed by atoms with Gasteiger partial charge in [-0.3, -0.25) is 19.1 Å². The van der Waals surface area contributed by atoms with E-state index in [1.54, 1.807) is 24.3 Å². The van der Waals surface area contributed by atoms with E-state index in [0.29, 0.717) is 35.3 Å². The first-order valence-electron chi connectivity index (χ1n) is 8.94. The lowest BCUT2D eigenvalue weighted by atomic mass is 10.2. The first-order chi connectivity index (χ1) is 13.0. The number of halogens is 1. The van der Waals surface area contributed by atoms with Crippen molar-refractivity contribution in [2.75, 3.05) is 6.54 Å². The fourth-order valence-corrected chi connectivity index (χ4v) is 4.30. The molecule has 0 radical (unpaired) electrons. The largest absolute Gasteiger partial charge is 0.343 e. The number of thioether (sulfide) groups is 1. The van der Waals surface area contributed by atoms with Gasteiger partial charge in [-0.25, -0.2) is 9.89 Å². The molecule has 1 fully saturated rings. The van der Waals surface area contributed by atoms with E-state index in [0.717, 1.165) is 19.3 Å². The lowest BCUT2D eigenvalue weighted by Crippen LogP contribution is -2.41. The molecule has 2 aromatic rings. The van der Waals surface area contributed by atoms with Crippen LogP contribution in [0.3, 0.4) is 0 Å². The number of rotatable bonds is 5. The number of likely N-dealkylation sites (tertiary alicyclic amines) is 1. The first-order valence-corrected chi connectivity index (χ1v) is 10.2. The van der Waals surface area contributed by atoms with Gasteiger partial charge in [-0.2, -0.15) is 0 Å². The van der Waals surface area contributed by atoms with Gasteiger partial charge in [0.05, 0.1) is 5.25 Å². The Morgan fingerprint density at radius 1 is 1.30 bits per heavy atom. The van der Waals surface area contributed by atoms with E-state index in [1.165, 1.54) is 21.2 Å². The van der Waals surface area contributed by atoms with Crippen molar-refractivity contribution in [1.82, 2.24) is 19.7 Å². The Bertz CT molecular complexity index is 877. The third-order valence-corrected chi connectivity index (χ3v) is 5.89. The minimum Gasteiger partial charge on any atom is -0.278 e. The summed E-state index contributed by atoms with van der Waals surface area (Å²) in [7, 11) is 0. The van der Waals surface area contributed by atoms with E-state index in [-0.39, 0.29) is 17.5 Å². The van der Waals surface area contributed by atoms with Crippen molar-refractivity contribution in [3.63, 3.8) is 0 Å². The molecule has 7 nitrogen and oxygen atoms in total. The first kappa shape index (κ1) is 19.7. The van der Waals surface area contributed by atoms with Gasteiger partial charge in [0.1, 0.15) is 0 Å². The zero-order valence-corrected chi connectivity index (χ0v) is 16.6. The van der Waals surface area contributed by atoms with Crippen LogP contribution in [0, 0.1) is 0 Å². The smallest absolute Gasteiger partial charge is 0.278 e. The van der Waals surface area contributed by atoms with Crippen LogP contribution in [0.4, 0.5) is 0 Å². The number of aromatic amines is 1. The van der Waals surface area contributed by atoms with E-state index >= 15 is 0 Å². The number of benzene rings is 1. The van der Waals surface area contributed by atoms with Crippen LogP contribution in [-0.2, 0) is 11.3 Å². The van der Waals surface area contributed by atoms with Gasteiger partial charge in [-0.15, -0.1) is 5.10 Å². The van der Waals surface area contributed by atoms with E-state index in [2.05, 4.69) is 10.2 Å². The van der Waals surface area contributed by atoms with Crippen molar-refractivity contribution in [3.05, 3.63) is 45.3 Å². The summed E-state index contributed by atoms with van der Waals surface area (Å²) in [5, 5.41) is 7.06. The number of aromatic nitrogens is 3. The molecule has 1 atom stereocenters. The van der Waals surface area contributed by atoms with Gasteiger partial charge in [-0.05, 0) is 43.5 Å². The second-order valence-corrected chi connectivity index (χ2v) is 7.97.